The van der Waals surface area contributed by atoms with Crippen LogP contribution >= 0.6 is 0 Å². The second-order valence-electron chi connectivity index (χ2n) is 9.09. The van der Waals surface area contributed by atoms with Gasteiger partial charge in [0.2, 0.25) is 0 Å². The van der Waals surface area contributed by atoms with E-state index in [0.717, 1.165) is 0 Å². The van der Waals surface area contributed by atoms with Gasteiger partial charge in [0.25, 0.3) is 0 Å². The van der Waals surface area contributed by atoms with Crippen LogP contribution in [0.15, 0.2) is 18.2 Å². The molecule has 1 rings (SSSR count). The molecule has 0 radical (unpaired) electrons. The third-order valence-corrected chi connectivity index (χ3v) is 4.84. The van der Waals surface area contributed by atoms with Crippen LogP contribution in [0.5, 0.6) is 11.5 Å². The molecule has 0 amide bonds. The first-order chi connectivity index (χ1) is 17.9. The summed E-state index contributed by atoms with van der Waals surface area (Å²) in [7, 11) is 1.18. The normalized spacial score (nSPS) is 13.1. The van der Waals surface area contributed by atoms with Crippen LogP contribution in [0.4, 0.5) is 14.4 Å². The van der Waals surface area contributed by atoms with Gasteiger partial charge < -0.3 is 38.9 Å². The Labute approximate surface area is 223 Å². The molecule has 214 valence electrons. The first-order valence-electron chi connectivity index (χ1n) is 12.5. The SMILES string of the molecule is CCCOC(=O)Oc1ccc(CC(N)(C[C@H](C)OC(=O)OCC(C)C)C(=O)OC)cc1OC(=O)OCCC. The minimum absolute atomic E-state index is 0.102. The van der Waals surface area contributed by atoms with E-state index in [4.69, 9.17) is 38.9 Å². The van der Waals surface area contributed by atoms with Crippen LogP contribution in [0.1, 0.15) is 59.4 Å². The van der Waals surface area contributed by atoms with Gasteiger partial charge in [0.15, 0.2) is 11.5 Å². The zero-order valence-corrected chi connectivity index (χ0v) is 22.9. The molecule has 38 heavy (non-hydrogen) atoms. The van der Waals surface area contributed by atoms with Gasteiger partial charge in [0.05, 0.1) is 26.9 Å². The Morgan fingerprint density at radius 1 is 0.868 bits per heavy atom. The maximum absolute atomic E-state index is 12.7. The Morgan fingerprint density at radius 2 is 1.45 bits per heavy atom. The molecule has 0 bridgehead atoms. The number of benzene rings is 1. The number of rotatable bonds is 14. The van der Waals surface area contributed by atoms with E-state index in [1.807, 2.05) is 27.7 Å². The molecule has 1 unspecified atom stereocenters. The molecule has 12 nitrogen and oxygen atoms in total. The molecule has 0 aromatic heterocycles. The third-order valence-electron chi connectivity index (χ3n) is 4.84. The summed E-state index contributed by atoms with van der Waals surface area (Å²) in [6, 6.07) is 4.27. The number of esters is 1. The first-order valence-corrected chi connectivity index (χ1v) is 12.5. The highest BCUT2D eigenvalue weighted by atomic mass is 16.7. The zero-order valence-electron chi connectivity index (χ0n) is 22.9. The van der Waals surface area contributed by atoms with Gasteiger partial charge in [-0.1, -0.05) is 33.8 Å². The summed E-state index contributed by atoms with van der Waals surface area (Å²) in [6.45, 7) is 9.41. The molecule has 0 heterocycles. The Morgan fingerprint density at radius 3 is 1.97 bits per heavy atom. The largest absolute Gasteiger partial charge is 0.513 e. The molecular formula is C26H39NO11. The molecule has 0 aliphatic rings. The van der Waals surface area contributed by atoms with Crippen molar-refractivity contribution in [1.29, 1.82) is 0 Å². The second-order valence-corrected chi connectivity index (χ2v) is 9.09. The maximum atomic E-state index is 12.7. The molecule has 0 aliphatic heterocycles. The van der Waals surface area contributed by atoms with Gasteiger partial charge >= 0.3 is 24.4 Å². The van der Waals surface area contributed by atoms with Gasteiger partial charge in [-0.3, -0.25) is 4.79 Å². The molecule has 1 aromatic carbocycles. The highest BCUT2D eigenvalue weighted by Crippen LogP contribution is 2.31. The lowest BCUT2D eigenvalue weighted by molar-refractivity contribution is -0.148. The zero-order chi connectivity index (χ0) is 28.7. The van der Waals surface area contributed by atoms with Gasteiger partial charge in [0, 0.05) is 12.8 Å². The topological polar surface area (TPSA) is 159 Å². The van der Waals surface area contributed by atoms with Crippen molar-refractivity contribution in [1.82, 2.24) is 0 Å². The van der Waals surface area contributed by atoms with Crippen molar-refractivity contribution in [3.05, 3.63) is 23.8 Å². The highest BCUT2D eigenvalue weighted by molar-refractivity contribution is 5.81. The Hall–Kier alpha value is -3.54. The van der Waals surface area contributed by atoms with Crippen molar-refractivity contribution in [3.8, 4) is 11.5 Å². The molecule has 2 N–H and O–H groups in total. The number of ether oxygens (including phenoxy) is 7. The summed E-state index contributed by atoms with van der Waals surface area (Å²) in [5.74, 6) is -0.881. The van der Waals surface area contributed by atoms with E-state index in [0.29, 0.717) is 18.4 Å². The number of hydrogen-bond acceptors (Lipinski definition) is 12. The average molecular weight is 542 g/mol. The van der Waals surface area contributed by atoms with E-state index in [9.17, 15) is 19.2 Å². The fraction of sp³-hybridized carbons (Fsp3) is 0.615. The van der Waals surface area contributed by atoms with Crippen LogP contribution in [-0.4, -0.2) is 63.0 Å². The lowest BCUT2D eigenvalue weighted by Crippen LogP contribution is -2.53. The number of nitrogens with two attached hydrogens (primary N) is 1. The molecule has 0 spiro atoms. The van der Waals surface area contributed by atoms with Gasteiger partial charge in [-0.2, -0.15) is 0 Å². The highest BCUT2D eigenvalue weighted by Gasteiger charge is 2.38. The molecule has 12 heteroatoms. The van der Waals surface area contributed by atoms with Crippen LogP contribution in [0.3, 0.4) is 0 Å². The van der Waals surface area contributed by atoms with Crippen molar-refractivity contribution in [2.45, 2.75) is 71.9 Å². The Kier molecular flexibility index (Phi) is 14.0. The van der Waals surface area contributed by atoms with E-state index < -0.39 is 36.1 Å². The second kappa shape index (κ2) is 16.3. The van der Waals surface area contributed by atoms with Gasteiger partial charge in [-0.15, -0.1) is 0 Å². The standard InChI is InChI=1S/C26H39NO11/c1-7-11-33-23(29)37-20-10-9-19(13-21(20)38-24(30)34-12-8-2)15-26(27,22(28)32-6)14-18(5)36-25(31)35-16-17(3)4/h9-10,13,17-18H,7-8,11-12,14-16,27H2,1-6H3/t18-,26?/m0/s1. The lowest BCUT2D eigenvalue weighted by Gasteiger charge is -2.29. The summed E-state index contributed by atoms with van der Waals surface area (Å²) in [6.07, 6.45) is -2.71. The average Bonchev–Trinajstić information content (AvgIpc) is 2.85. The monoisotopic (exact) mass is 541 g/mol. The third kappa shape index (κ3) is 11.7. The van der Waals surface area contributed by atoms with Crippen molar-refractivity contribution in [3.63, 3.8) is 0 Å². The van der Waals surface area contributed by atoms with Crippen LogP contribution in [-0.2, 0) is 34.9 Å². The van der Waals surface area contributed by atoms with Crippen molar-refractivity contribution in [2.75, 3.05) is 26.9 Å². The van der Waals surface area contributed by atoms with Crippen molar-refractivity contribution >= 4 is 24.4 Å². The fourth-order valence-electron chi connectivity index (χ4n) is 3.22. The van der Waals surface area contributed by atoms with Gasteiger partial charge in [-0.25, -0.2) is 14.4 Å². The van der Waals surface area contributed by atoms with E-state index in [-0.39, 0.29) is 50.1 Å². The summed E-state index contributed by atoms with van der Waals surface area (Å²) in [5, 5.41) is 0. The van der Waals surface area contributed by atoms with Gasteiger partial charge in [0.1, 0.15) is 11.6 Å². The number of methoxy groups -OCH3 is 1. The lowest BCUT2D eigenvalue weighted by atomic mass is 9.86. The molecule has 0 saturated heterocycles. The summed E-state index contributed by atoms with van der Waals surface area (Å²) in [4.78, 5) is 48.7. The predicted molar refractivity (Wildman–Crippen MR) is 135 cm³/mol. The Balaban J connectivity index is 3.15. The van der Waals surface area contributed by atoms with Crippen LogP contribution in [0.2, 0.25) is 0 Å². The molecule has 0 aliphatic carbocycles. The maximum Gasteiger partial charge on any atom is 0.513 e. The smallest absolute Gasteiger partial charge is 0.468 e. The minimum Gasteiger partial charge on any atom is -0.468 e. The number of carbonyl (C=O) groups is 4. The summed E-state index contributed by atoms with van der Waals surface area (Å²) < 4.78 is 35.4. The fourth-order valence-corrected chi connectivity index (χ4v) is 3.22. The van der Waals surface area contributed by atoms with Crippen molar-refractivity contribution in [2.24, 2.45) is 11.7 Å². The number of carbonyl (C=O) groups excluding carboxylic acids is 4. The first kappa shape index (κ1) is 32.5. The van der Waals surface area contributed by atoms with Gasteiger partial charge in [-0.05, 0) is 43.4 Å². The molecular weight excluding hydrogens is 502 g/mol. The van der Waals surface area contributed by atoms with Crippen LogP contribution in [0, 0.1) is 5.92 Å². The van der Waals surface area contributed by atoms with E-state index in [2.05, 4.69) is 0 Å². The number of hydrogen-bond donors (Lipinski definition) is 1. The molecule has 1 aromatic rings. The molecule has 2 atom stereocenters. The van der Waals surface area contributed by atoms with E-state index in [1.54, 1.807) is 6.92 Å². The van der Waals surface area contributed by atoms with E-state index >= 15 is 0 Å². The quantitative estimate of drug-likeness (QED) is 0.199. The molecule has 0 fully saturated rings. The summed E-state index contributed by atoms with van der Waals surface area (Å²) >= 11 is 0. The van der Waals surface area contributed by atoms with Crippen LogP contribution < -0.4 is 15.2 Å². The van der Waals surface area contributed by atoms with E-state index in [1.165, 1.54) is 25.3 Å². The molecule has 0 saturated carbocycles. The summed E-state index contributed by atoms with van der Waals surface area (Å²) in [5.41, 5.74) is 5.23. The minimum atomic E-state index is -1.63. The van der Waals surface area contributed by atoms with Crippen LogP contribution in [0.25, 0.3) is 0 Å². The van der Waals surface area contributed by atoms with Crippen molar-refractivity contribution < 1.29 is 52.3 Å². The predicted octanol–water partition coefficient (Wildman–Crippen LogP) is 4.54. The Bertz CT molecular complexity index is 934.